The molecule has 0 aromatic heterocycles. The highest BCUT2D eigenvalue weighted by Crippen LogP contribution is 2.37. The summed E-state index contributed by atoms with van der Waals surface area (Å²) in [6.07, 6.45) is 5.18. The third-order valence-electron chi connectivity index (χ3n) is 4.81. The summed E-state index contributed by atoms with van der Waals surface area (Å²) in [6, 6.07) is 13.0. The highest BCUT2D eigenvalue weighted by molar-refractivity contribution is 9.10. The van der Waals surface area contributed by atoms with Crippen LogP contribution in [-0.4, -0.2) is 13.2 Å². The van der Waals surface area contributed by atoms with Crippen LogP contribution in [0.2, 0.25) is 0 Å². The number of rotatable bonds is 7. The molecule has 134 valence electrons. The smallest absolute Gasteiger partial charge is 0.167 e. The maximum absolute atomic E-state index is 6.19. The summed E-state index contributed by atoms with van der Waals surface area (Å²) >= 11 is 3.68. The van der Waals surface area contributed by atoms with Crippen molar-refractivity contribution < 1.29 is 9.47 Å². The Labute approximate surface area is 158 Å². The molecule has 2 aromatic carbocycles. The summed E-state index contributed by atoms with van der Waals surface area (Å²) in [6.45, 7) is 3.41. The first-order chi connectivity index (χ1) is 12.2. The van der Waals surface area contributed by atoms with Gasteiger partial charge >= 0.3 is 0 Å². The number of ether oxygens (including phenoxy) is 2. The number of methoxy groups -OCH3 is 1. The molecule has 3 nitrogen and oxygen atoms in total. The van der Waals surface area contributed by atoms with Crippen LogP contribution >= 0.6 is 15.9 Å². The Bertz CT molecular complexity index is 694. The fourth-order valence-corrected chi connectivity index (χ4v) is 3.73. The van der Waals surface area contributed by atoms with Crippen molar-refractivity contribution in [3.8, 4) is 11.5 Å². The number of hydrogen-bond donors (Lipinski definition) is 1. The van der Waals surface area contributed by atoms with Gasteiger partial charge in [0.2, 0.25) is 0 Å². The Kier molecular flexibility index (Phi) is 6.38. The first-order valence-electron chi connectivity index (χ1n) is 8.94. The zero-order valence-electron chi connectivity index (χ0n) is 15.0. The van der Waals surface area contributed by atoms with E-state index < -0.39 is 0 Å². The minimum Gasteiger partial charge on any atom is -0.493 e. The molecular formula is C21H26BrNO2. The summed E-state index contributed by atoms with van der Waals surface area (Å²) in [5.41, 5.74) is 3.53. The average Bonchev–Trinajstić information content (AvgIpc) is 3.14. The number of aryl methyl sites for hydroxylation is 1. The molecule has 0 bridgehead atoms. The Hall–Kier alpha value is -1.52. The first-order valence-corrected chi connectivity index (χ1v) is 9.74. The first kappa shape index (κ1) is 18.3. The SMILES string of the molecule is COc1ccc(Br)c(CNC2CCCC2)c1OCc1ccc(C)cc1. The van der Waals surface area contributed by atoms with Gasteiger partial charge in [-0.1, -0.05) is 58.6 Å². The predicted octanol–water partition coefficient (Wildman–Crippen LogP) is 5.38. The van der Waals surface area contributed by atoms with Crippen LogP contribution in [0.4, 0.5) is 0 Å². The number of hydrogen-bond acceptors (Lipinski definition) is 3. The topological polar surface area (TPSA) is 30.5 Å². The normalized spacial score (nSPS) is 14.7. The van der Waals surface area contributed by atoms with E-state index in [1.54, 1.807) is 7.11 Å². The van der Waals surface area contributed by atoms with Crippen LogP contribution in [0.3, 0.4) is 0 Å². The molecule has 25 heavy (non-hydrogen) atoms. The third kappa shape index (κ3) is 4.77. The quantitative estimate of drug-likeness (QED) is 0.672. The van der Waals surface area contributed by atoms with Crippen molar-refractivity contribution >= 4 is 15.9 Å². The lowest BCUT2D eigenvalue weighted by Crippen LogP contribution is -2.25. The molecule has 0 heterocycles. The molecule has 3 rings (SSSR count). The van der Waals surface area contributed by atoms with Gasteiger partial charge in [-0.25, -0.2) is 0 Å². The van der Waals surface area contributed by atoms with Crippen LogP contribution in [-0.2, 0) is 13.2 Å². The summed E-state index contributed by atoms with van der Waals surface area (Å²) in [7, 11) is 1.69. The molecule has 0 aliphatic heterocycles. The van der Waals surface area contributed by atoms with E-state index in [1.165, 1.54) is 31.2 Å². The molecule has 0 amide bonds. The van der Waals surface area contributed by atoms with Crippen LogP contribution in [0, 0.1) is 6.92 Å². The van der Waals surface area contributed by atoms with Crippen LogP contribution in [0.1, 0.15) is 42.4 Å². The monoisotopic (exact) mass is 403 g/mol. The van der Waals surface area contributed by atoms with Crippen molar-refractivity contribution in [3.05, 3.63) is 57.6 Å². The molecule has 2 aromatic rings. The van der Waals surface area contributed by atoms with E-state index in [1.807, 2.05) is 12.1 Å². The van der Waals surface area contributed by atoms with Gasteiger partial charge in [-0.3, -0.25) is 0 Å². The van der Waals surface area contributed by atoms with Gasteiger partial charge in [-0.05, 0) is 37.5 Å². The molecule has 1 aliphatic rings. The van der Waals surface area contributed by atoms with Gasteiger partial charge < -0.3 is 14.8 Å². The molecule has 0 saturated heterocycles. The molecule has 0 radical (unpaired) electrons. The zero-order chi connectivity index (χ0) is 17.6. The molecule has 0 unspecified atom stereocenters. The minimum atomic E-state index is 0.531. The van der Waals surface area contributed by atoms with Crippen LogP contribution in [0.5, 0.6) is 11.5 Å². The largest absolute Gasteiger partial charge is 0.493 e. The number of benzene rings is 2. The van der Waals surface area contributed by atoms with Gasteiger partial charge in [0, 0.05) is 22.6 Å². The maximum atomic E-state index is 6.19. The average molecular weight is 404 g/mol. The summed E-state index contributed by atoms with van der Waals surface area (Å²) in [5, 5.41) is 3.67. The zero-order valence-corrected chi connectivity index (χ0v) is 16.6. The second-order valence-corrected chi connectivity index (χ2v) is 7.55. The third-order valence-corrected chi connectivity index (χ3v) is 5.56. The van der Waals surface area contributed by atoms with E-state index in [4.69, 9.17) is 9.47 Å². The lowest BCUT2D eigenvalue weighted by Gasteiger charge is -2.19. The van der Waals surface area contributed by atoms with Crippen LogP contribution in [0.25, 0.3) is 0 Å². The van der Waals surface area contributed by atoms with Crippen molar-refractivity contribution in [1.29, 1.82) is 0 Å². The van der Waals surface area contributed by atoms with E-state index in [0.29, 0.717) is 12.6 Å². The molecule has 4 heteroatoms. The van der Waals surface area contributed by atoms with Gasteiger partial charge in [0.25, 0.3) is 0 Å². The number of halogens is 1. The van der Waals surface area contributed by atoms with Gasteiger partial charge in [-0.15, -0.1) is 0 Å². The van der Waals surface area contributed by atoms with E-state index >= 15 is 0 Å². The molecule has 1 saturated carbocycles. The Morgan fingerprint density at radius 1 is 1.08 bits per heavy atom. The van der Waals surface area contributed by atoms with Gasteiger partial charge in [0.05, 0.1) is 7.11 Å². The highest BCUT2D eigenvalue weighted by atomic mass is 79.9. The Morgan fingerprint density at radius 3 is 2.48 bits per heavy atom. The summed E-state index contributed by atoms with van der Waals surface area (Å²) in [5.74, 6) is 1.60. The molecule has 0 spiro atoms. The Balaban J connectivity index is 1.76. The fraction of sp³-hybridized carbons (Fsp3) is 0.429. The molecular weight excluding hydrogens is 378 g/mol. The van der Waals surface area contributed by atoms with Crippen molar-refractivity contribution in [2.75, 3.05) is 7.11 Å². The molecule has 1 aliphatic carbocycles. The number of nitrogens with one attached hydrogen (secondary N) is 1. The van der Waals surface area contributed by atoms with E-state index in [-0.39, 0.29) is 0 Å². The maximum Gasteiger partial charge on any atom is 0.167 e. The summed E-state index contributed by atoms with van der Waals surface area (Å²) < 4.78 is 12.8. The standard InChI is InChI=1S/C21H26BrNO2/c1-15-7-9-16(10-8-15)14-25-21-18(13-23-17-5-3-4-6-17)19(22)11-12-20(21)24-2/h7-12,17,23H,3-6,13-14H2,1-2H3. The lowest BCUT2D eigenvalue weighted by molar-refractivity contribution is 0.280. The Morgan fingerprint density at radius 2 is 1.80 bits per heavy atom. The fourth-order valence-electron chi connectivity index (χ4n) is 3.28. The lowest BCUT2D eigenvalue weighted by atomic mass is 10.1. The molecule has 1 N–H and O–H groups in total. The van der Waals surface area contributed by atoms with Crippen LogP contribution in [0.15, 0.2) is 40.9 Å². The van der Waals surface area contributed by atoms with Gasteiger partial charge in [0.1, 0.15) is 6.61 Å². The molecule has 1 fully saturated rings. The van der Waals surface area contributed by atoms with Gasteiger partial charge in [0.15, 0.2) is 11.5 Å². The predicted molar refractivity (Wildman–Crippen MR) is 105 cm³/mol. The van der Waals surface area contributed by atoms with E-state index in [0.717, 1.165) is 33.6 Å². The summed E-state index contributed by atoms with van der Waals surface area (Å²) in [4.78, 5) is 0. The minimum absolute atomic E-state index is 0.531. The second kappa shape index (κ2) is 8.72. The van der Waals surface area contributed by atoms with E-state index in [9.17, 15) is 0 Å². The van der Waals surface area contributed by atoms with Crippen molar-refractivity contribution in [2.45, 2.75) is 51.8 Å². The highest BCUT2D eigenvalue weighted by Gasteiger charge is 2.18. The van der Waals surface area contributed by atoms with Gasteiger partial charge in [-0.2, -0.15) is 0 Å². The van der Waals surface area contributed by atoms with E-state index in [2.05, 4.69) is 52.4 Å². The van der Waals surface area contributed by atoms with Crippen molar-refractivity contribution in [1.82, 2.24) is 5.32 Å². The van der Waals surface area contributed by atoms with Crippen molar-refractivity contribution in [3.63, 3.8) is 0 Å². The molecule has 0 atom stereocenters. The van der Waals surface area contributed by atoms with Crippen molar-refractivity contribution in [2.24, 2.45) is 0 Å². The second-order valence-electron chi connectivity index (χ2n) is 6.69. The van der Waals surface area contributed by atoms with Crippen LogP contribution < -0.4 is 14.8 Å².